The van der Waals surface area contributed by atoms with Crippen LogP contribution in [0, 0.1) is 5.92 Å². The lowest BCUT2D eigenvalue weighted by molar-refractivity contribution is -0.139. The quantitative estimate of drug-likeness (QED) is 0.785. The summed E-state index contributed by atoms with van der Waals surface area (Å²) in [6.45, 7) is 7.29. The maximum atomic E-state index is 13.7. The maximum absolute atomic E-state index is 13.7. The Morgan fingerprint density at radius 3 is 2.40 bits per heavy atom. The summed E-state index contributed by atoms with van der Waals surface area (Å²) < 4.78 is 46.0. The van der Waals surface area contributed by atoms with Gasteiger partial charge in [0.2, 0.25) is 0 Å². The summed E-state index contributed by atoms with van der Waals surface area (Å²) in [5.41, 5.74) is -0.209. The van der Waals surface area contributed by atoms with Gasteiger partial charge in [-0.15, -0.1) is 12.4 Å². The molecule has 0 spiro atoms. The monoisotopic (exact) mass is 380 g/mol. The number of ether oxygens (including phenoxy) is 1. The number of nitrogens with zero attached hydrogens (tertiary/aromatic N) is 1. The van der Waals surface area contributed by atoms with Gasteiger partial charge in [0.1, 0.15) is 5.75 Å². The molecule has 1 unspecified atom stereocenters. The molecule has 0 amide bonds. The number of methoxy groups -OCH3 is 1. The SMILES string of the molecule is CCCC(C)[C@@H](c1ccc(OC)cc1C(F)(F)F)N1CCNCC1.Cl. The molecule has 144 valence electrons. The highest BCUT2D eigenvalue weighted by atomic mass is 35.5. The van der Waals surface area contributed by atoms with Crippen molar-refractivity contribution in [3.8, 4) is 5.75 Å². The number of piperazine rings is 1. The smallest absolute Gasteiger partial charge is 0.416 e. The van der Waals surface area contributed by atoms with Crippen LogP contribution < -0.4 is 10.1 Å². The van der Waals surface area contributed by atoms with Crippen LogP contribution in [0.3, 0.4) is 0 Å². The Morgan fingerprint density at radius 2 is 1.88 bits per heavy atom. The minimum Gasteiger partial charge on any atom is -0.497 e. The van der Waals surface area contributed by atoms with E-state index in [1.807, 2.05) is 0 Å². The number of hydrogen-bond donors (Lipinski definition) is 1. The number of hydrogen-bond acceptors (Lipinski definition) is 3. The van der Waals surface area contributed by atoms with Gasteiger partial charge in [-0.2, -0.15) is 13.2 Å². The Hall–Kier alpha value is -0.980. The summed E-state index contributed by atoms with van der Waals surface area (Å²) in [6, 6.07) is 4.14. The molecule has 25 heavy (non-hydrogen) atoms. The number of rotatable bonds is 6. The van der Waals surface area contributed by atoms with Crippen LogP contribution in [-0.2, 0) is 6.18 Å². The average molecular weight is 381 g/mol. The maximum Gasteiger partial charge on any atom is 0.416 e. The zero-order valence-corrected chi connectivity index (χ0v) is 15.8. The summed E-state index contributed by atoms with van der Waals surface area (Å²) in [5, 5.41) is 3.27. The minimum absolute atomic E-state index is 0. The van der Waals surface area contributed by atoms with Crippen molar-refractivity contribution in [1.29, 1.82) is 0 Å². The average Bonchev–Trinajstić information content (AvgIpc) is 2.55. The van der Waals surface area contributed by atoms with Crippen molar-refractivity contribution in [2.75, 3.05) is 33.3 Å². The van der Waals surface area contributed by atoms with Gasteiger partial charge in [0.25, 0.3) is 0 Å². The first-order valence-corrected chi connectivity index (χ1v) is 8.58. The molecule has 3 nitrogen and oxygen atoms in total. The summed E-state index contributed by atoms with van der Waals surface area (Å²) in [7, 11) is 1.39. The fourth-order valence-corrected chi connectivity index (χ4v) is 3.60. The van der Waals surface area contributed by atoms with Gasteiger partial charge in [0.15, 0.2) is 0 Å². The largest absolute Gasteiger partial charge is 0.497 e. The molecule has 2 atom stereocenters. The molecule has 1 saturated heterocycles. The van der Waals surface area contributed by atoms with Crippen molar-refractivity contribution >= 4 is 12.4 Å². The van der Waals surface area contributed by atoms with E-state index in [0.29, 0.717) is 5.56 Å². The molecular formula is C18H28ClF3N2O. The third-order valence-electron chi connectivity index (χ3n) is 4.71. The van der Waals surface area contributed by atoms with Crippen molar-refractivity contribution in [3.05, 3.63) is 29.3 Å². The van der Waals surface area contributed by atoms with Crippen LogP contribution >= 0.6 is 12.4 Å². The molecule has 1 aromatic rings. The van der Waals surface area contributed by atoms with Gasteiger partial charge >= 0.3 is 6.18 Å². The molecule has 1 aromatic carbocycles. The van der Waals surface area contributed by atoms with Crippen LogP contribution in [0.5, 0.6) is 5.75 Å². The van der Waals surface area contributed by atoms with E-state index >= 15 is 0 Å². The van der Waals surface area contributed by atoms with E-state index in [0.717, 1.165) is 45.1 Å². The molecule has 1 heterocycles. The minimum atomic E-state index is -4.39. The van der Waals surface area contributed by atoms with Crippen molar-refractivity contribution in [1.82, 2.24) is 10.2 Å². The third kappa shape index (κ3) is 5.50. The summed E-state index contributed by atoms with van der Waals surface area (Å²) in [4.78, 5) is 2.19. The molecule has 1 aliphatic rings. The highest BCUT2D eigenvalue weighted by molar-refractivity contribution is 5.85. The van der Waals surface area contributed by atoms with E-state index in [2.05, 4.69) is 24.1 Å². The Bertz CT molecular complexity index is 534. The van der Waals surface area contributed by atoms with Crippen LogP contribution in [0.25, 0.3) is 0 Å². The number of benzene rings is 1. The summed E-state index contributed by atoms with van der Waals surface area (Å²) in [5.74, 6) is 0.399. The van der Waals surface area contributed by atoms with Gasteiger partial charge < -0.3 is 10.1 Å². The predicted octanol–water partition coefficient (Wildman–Crippen LogP) is 4.52. The molecule has 1 aliphatic heterocycles. The lowest BCUT2D eigenvalue weighted by Gasteiger charge is -2.39. The van der Waals surface area contributed by atoms with Gasteiger partial charge in [0.05, 0.1) is 12.7 Å². The molecule has 0 radical (unpaired) electrons. The van der Waals surface area contributed by atoms with Gasteiger partial charge in [0, 0.05) is 32.2 Å². The highest BCUT2D eigenvalue weighted by Crippen LogP contribution is 2.41. The first-order valence-electron chi connectivity index (χ1n) is 8.58. The number of halogens is 4. The molecule has 0 saturated carbocycles. The zero-order valence-electron chi connectivity index (χ0n) is 15.0. The molecule has 0 bridgehead atoms. The summed E-state index contributed by atoms with van der Waals surface area (Å²) >= 11 is 0. The van der Waals surface area contributed by atoms with E-state index in [9.17, 15) is 13.2 Å². The predicted molar refractivity (Wildman–Crippen MR) is 96.5 cm³/mol. The van der Waals surface area contributed by atoms with E-state index in [4.69, 9.17) is 4.74 Å². The van der Waals surface area contributed by atoms with E-state index in [1.165, 1.54) is 7.11 Å². The van der Waals surface area contributed by atoms with Gasteiger partial charge in [-0.3, -0.25) is 4.90 Å². The van der Waals surface area contributed by atoms with E-state index in [1.54, 1.807) is 12.1 Å². The van der Waals surface area contributed by atoms with Crippen LogP contribution in [-0.4, -0.2) is 38.2 Å². The van der Waals surface area contributed by atoms with Crippen LogP contribution in [0.15, 0.2) is 18.2 Å². The zero-order chi connectivity index (χ0) is 17.7. The number of alkyl halides is 3. The second-order valence-electron chi connectivity index (χ2n) is 6.45. The molecule has 0 aliphatic carbocycles. The first-order chi connectivity index (χ1) is 11.4. The molecule has 7 heteroatoms. The number of nitrogens with one attached hydrogen (secondary N) is 1. The lowest BCUT2D eigenvalue weighted by Crippen LogP contribution is -2.47. The molecule has 1 fully saturated rings. The molecule has 0 aromatic heterocycles. The van der Waals surface area contributed by atoms with Gasteiger partial charge in [-0.25, -0.2) is 0 Å². The fraction of sp³-hybridized carbons (Fsp3) is 0.667. The van der Waals surface area contributed by atoms with Crippen LogP contribution in [0.4, 0.5) is 13.2 Å². The highest BCUT2D eigenvalue weighted by Gasteiger charge is 2.38. The van der Waals surface area contributed by atoms with E-state index < -0.39 is 11.7 Å². The Kier molecular flexibility index (Phi) is 8.51. The van der Waals surface area contributed by atoms with Crippen molar-refractivity contribution in [2.45, 2.75) is 38.9 Å². The standard InChI is InChI=1S/C18H27F3N2O.ClH/c1-4-5-13(2)17(23-10-8-22-9-11-23)15-7-6-14(24-3)12-16(15)18(19,20)21;/h6-7,12-13,17,22H,4-5,8-11H2,1-3H3;1H/t13?,17-;/m0./s1. The van der Waals surface area contributed by atoms with Crippen molar-refractivity contribution in [3.63, 3.8) is 0 Å². The molecule has 2 rings (SSSR count). The van der Waals surface area contributed by atoms with Gasteiger partial charge in [-0.05, 0) is 30.0 Å². The third-order valence-corrected chi connectivity index (χ3v) is 4.71. The normalized spacial score (nSPS) is 18.3. The van der Waals surface area contributed by atoms with Gasteiger partial charge in [-0.1, -0.05) is 26.3 Å². The van der Waals surface area contributed by atoms with Crippen molar-refractivity contribution < 1.29 is 17.9 Å². The molecular weight excluding hydrogens is 353 g/mol. The second-order valence-corrected chi connectivity index (χ2v) is 6.45. The van der Waals surface area contributed by atoms with Crippen molar-refractivity contribution in [2.24, 2.45) is 5.92 Å². The van der Waals surface area contributed by atoms with E-state index in [-0.39, 0.29) is 30.1 Å². The fourth-order valence-electron chi connectivity index (χ4n) is 3.60. The Balaban J connectivity index is 0.00000312. The van der Waals surface area contributed by atoms with Crippen LogP contribution in [0.1, 0.15) is 43.9 Å². The molecule has 1 N–H and O–H groups in total. The topological polar surface area (TPSA) is 24.5 Å². The summed E-state index contributed by atoms with van der Waals surface area (Å²) in [6.07, 6.45) is -2.53. The Labute approximate surface area is 154 Å². The Morgan fingerprint density at radius 1 is 1.24 bits per heavy atom. The van der Waals surface area contributed by atoms with Crippen LogP contribution in [0.2, 0.25) is 0 Å². The first kappa shape index (κ1) is 22.1. The second kappa shape index (κ2) is 9.64. The lowest BCUT2D eigenvalue weighted by atomic mass is 9.86.